The minimum atomic E-state index is -0.436. The predicted octanol–water partition coefficient (Wildman–Crippen LogP) is 3.29. The summed E-state index contributed by atoms with van der Waals surface area (Å²) in [7, 11) is 1.52. The number of halogens is 1. The highest BCUT2D eigenvalue weighted by molar-refractivity contribution is 6.30. The second kappa shape index (κ2) is 6.30. The Bertz CT molecular complexity index is 611. The van der Waals surface area contributed by atoms with Gasteiger partial charge in [0.05, 0.1) is 18.4 Å². The van der Waals surface area contributed by atoms with Crippen molar-refractivity contribution < 1.29 is 14.3 Å². The van der Waals surface area contributed by atoms with Crippen molar-refractivity contribution >= 4 is 23.3 Å². The first kappa shape index (κ1) is 14.2. The number of carbonyl (C=O) groups excluding carboxylic acids is 1. The molecule has 5 heteroatoms. The van der Waals surface area contributed by atoms with Gasteiger partial charge in [-0.3, -0.25) is 0 Å². The molecule has 0 heterocycles. The number of ether oxygens (including phenoxy) is 2. The topological polar surface area (TPSA) is 61.5 Å². The number of carbonyl (C=O) groups is 1. The molecule has 0 unspecified atom stereocenters. The third-order valence-corrected chi connectivity index (χ3v) is 3.00. The van der Waals surface area contributed by atoms with Gasteiger partial charge < -0.3 is 15.2 Å². The molecule has 0 fully saturated rings. The lowest BCUT2D eigenvalue weighted by atomic mass is 10.2. The summed E-state index contributed by atoms with van der Waals surface area (Å²) in [5.74, 6) is 0.0913. The van der Waals surface area contributed by atoms with Crippen molar-refractivity contribution in [2.75, 3.05) is 12.8 Å². The molecular weight excluding hydrogens is 278 g/mol. The Hall–Kier alpha value is -2.20. The van der Waals surface area contributed by atoms with Crippen LogP contribution in [0.5, 0.6) is 5.75 Å². The summed E-state index contributed by atoms with van der Waals surface area (Å²) >= 11 is 5.78. The molecule has 0 atom stereocenters. The standard InChI is InChI=1S/C15H14ClNO3/c1-19-14-7-4-11(8-13(14)17)15(18)20-9-10-2-5-12(16)6-3-10/h2-8H,9,17H2,1H3. The van der Waals surface area contributed by atoms with Gasteiger partial charge in [-0.15, -0.1) is 0 Å². The number of methoxy groups -OCH3 is 1. The number of esters is 1. The summed E-state index contributed by atoms with van der Waals surface area (Å²) < 4.78 is 10.2. The molecule has 0 radical (unpaired) electrons. The lowest BCUT2D eigenvalue weighted by Crippen LogP contribution is -2.06. The van der Waals surface area contributed by atoms with Crippen molar-refractivity contribution in [3.8, 4) is 5.75 Å². The van der Waals surface area contributed by atoms with Crippen LogP contribution < -0.4 is 10.5 Å². The Labute approximate surface area is 122 Å². The third kappa shape index (κ3) is 3.42. The highest BCUT2D eigenvalue weighted by Crippen LogP contribution is 2.22. The Morgan fingerprint density at radius 1 is 1.20 bits per heavy atom. The minimum Gasteiger partial charge on any atom is -0.495 e. The van der Waals surface area contributed by atoms with Crippen LogP contribution in [0.4, 0.5) is 5.69 Å². The van der Waals surface area contributed by atoms with E-state index in [0.29, 0.717) is 22.0 Å². The second-order valence-electron chi connectivity index (χ2n) is 4.16. The molecule has 2 rings (SSSR count). The van der Waals surface area contributed by atoms with Crippen LogP contribution >= 0.6 is 11.6 Å². The normalized spacial score (nSPS) is 10.1. The molecule has 20 heavy (non-hydrogen) atoms. The molecule has 0 saturated carbocycles. The van der Waals surface area contributed by atoms with Gasteiger partial charge >= 0.3 is 5.97 Å². The van der Waals surface area contributed by atoms with E-state index in [9.17, 15) is 4.79 Å². The first-order valence-electron chi connectivity index (χ1n) is 5.95. The van der Waals surface area contributed by atoms with Crippen LogP contribution in [0.25, 0.3) is 0 Å². The van der Waals surface area contributed by atoms with Gasteiger partial charge in [0.2, 0.25) is 0 Å². The van der Waals surface area contributed by atoms with E-state index >= 15 is 0 Å². The van der Waals surface area contributed by atoms with Crippen LogP contribution in [0, 0.1) is 0 Å². The third-order valence-electron chi connectivity index (χ3n) is 2.75. The van der Waals surface area contributed by atoms with E-state index in [0.717, 1.165) is 5.56 Å². The molecule has 104 valence electrons. The predicted molar refractivity (Wildman–Crippen MR) is 78.0 cm³/mol. The van der Waals surface area contributed by atoms with Crippen molar-refractivity contribution in [1.82, 2.24) is 0 Å². The van der Waals surface area contributed by atoms with Crippen molar-refractivity contribution in [3.63, 3.8) is 0 Å². The van der Waals surface area contributed by atoms with E-state index in [1.807, 2.05) is 0 Å². The molecule has 2 N–H and O–H groups in total. The van der Waals surface area contributed by atoms with Crippen molar-refractivity contribution in [3.05, 3.63) is 58.6 Å². The maximum atomic E-state index is 11.9. The number of hydrogen-bond donors (Lipinski definition) is 1. The lowest BCUT2D eigenvalue weighted by molar-refractivity contribution is 0.0473. The van der Waals surface area contributed by atoms with Gasteiger partial charge in [0.15, 0.2) is 0 Å². The molecule has 0 amide bonds. The van der Waals surface area contributed by atoms with Gasteiger partial charge in [0.25, 0.3) is 0 Å². The summed E-state index contributed by atoms with van der Waals surface area (Å²) in [4.78, 5) is 11.9. The summed E-state index contributed by atoms with van der Waals surface area (Å²) in [6.07, 6.45) is 0. The van der Waals surface area contributed by atoms with E-state index in [-0.39, 0.29) is 6.61 Å². The first-order valence-corrected chi connectivity index (χ1v) is 6.33. The Balaban J connectivity index is 2.01. The zero-order valence-electron chi connectivity index (χ0n) is 10.9. The monoisotopic (exact) mass is 291 g/mol. The number of benzene rings is 2. The van der Waals surface area contributed by atoms with E-state index in [1.165, 1.54) is 13.2 Å². The average Bonchev–Trinajstić information content (AvgIpc) is 2.46. The van der Waals surface area contributed by atoms with Gasteiger partial charge in [-0.2, -0.15) is 0 Å². The number of hydrogen-bond acceptors (Lipinski definition) is 4. The van der Waals surface area contributed by atoms with E-state index in [4.69, 9.17) is 26.8 Å². The molecule has 0 bridgehead atoms. The Kier molecular flexibility index (Phi) is 4.48. The molecule has 0 aliphatic rings. The molecule has 0 saturated heterocycles. The maximum Gasteiger partial charge on any atom is 0.338 e. The van der Waals surface area contributed by atoms with Crippen LogP contribution in [0.15, 0.2) is 42.5 Å². The molecule has 0 aliphatic carbocycles. The molecule has 2 aromatic carbocycles. The van der Waals surface area contributed by atoms with Crippen molar-refractivity contribution in [2.24, 2.45) is 0 Å². The summed E-state index contributed by atoms with van der Waals surface area (Å²) in [6.45, 7) is 0.182. The van der Waals surface area contributed by atoms with Crippen LogP contribution in [0.1, 0.15) is 15.9 Å². The highest BCUT2D eigenvalue weighted by atomic mass is 35.5. The molecule has 0 aromatic heterocycles. The fourth-order valence-electron chi connectivity index (χ4n) is 1.67. The van der Waals surface area contributed by atoms with Gasteiger partial charge in [-0.1, -0.05) is 23.7 Å². The fraction of sp³-hybridized carbons (Fsp3) is 0.133. The van der Waals surface area contributed by atoms with Crippen LogP contribution in [0.3, 0.4) is 0 Å². The molecule has 0 spiro atoms. The Morgan fingerprint density at radius 3 is 2.50 bits per heavy atom. The van der Waals surface area contributed by atoms with Crippen LogP contribution in [-0.4, -0.2) is 13.1 Å². The molecule has 0 aliphatic heterocycles. The summed E-state index contributed by atoms with van der Waals surface area (Å²) in [5.41, 5.74) is 7.39. The minimum absolute atomic E-state index is 0.182. The number of anilines is 1. The molecule has 4 nitrogen and oxygen atoms in total. The highest BCUT2D eigenvalue weighted by Gasteiger charge is 2.10. The van der Waals surface area contributed by atoms with Gasteiger partial charge in [-0.25, -0.2) is 4.79 Å². The number of nitrogens with two attached hydrogens (primary N) is 1. The lowest BCUT2D eigenvalue weighted by Gasteiger charge is -2.08. The van der Waals surface area contributed by atoms with Gasteiger partial charge in [0, 0.05) is 5.02 Å². The zero-order valence-corrected chi connectivity index (χ0v) is 11.7. The SMILES string of the molecule is COc1ccc(C(=O)OCc2ccc(Cl)cc2)cc1N. The Morgan fingerprint density at radius 2 is 1.90 bits per heavy atom. The van der Waals surface area contributed by atoms with E-state index in [1.54, 1.807) is 36.4 Å². The maximum absolute atomic E-state index is 11.9. The number of rotatable bonds is 4. The van der Waals surface area contributed by atoms with E-state index < -0.39 is 5.97 Å². The van der Waals surface area contributed by atoms with Crippen molar-refractivity contribution in [1.29, 1.82) is 0 Å². The van der Waals surface area contributed by atoms with Gasteiger partial charge in [0.1, 0.15) is 12.4 Å². The van der Waals surface area contributed by atoms with Gasteiger partial charge in [-0.05, 0) is 35.9 Å². The molecular formula is C15H14ClNO3. The van der Waals surface area contributed by atoms with E-state index in [2.05, 4.69) is 0 Å². The van der Waals surface area contributed by atoms with Crippen LogP contribution in [0.2, 0.25) is 5.02 Å². The largest absolute Gasteiger partial charge is 0.495 e. The average molecular weight is 292 g/mol. The molecule has 2 aromatic rings. The zero-order chi connectivity index (χ0) is 14.5. The first-order chi connectivity index (χ1) is 9.60. The van der Waals surface area contributed by atoms with Crippen LogP contribution in [-0.2, 0) is 11.3 Å². The quantitative estimate of drug-likeness (QED) is 0.693. The fourth-order valence-corrected chi connectivity index (χ4v) is 1.80. The summed E-state index contributed by atoms with van der Waals surface area (Å²) in [6, 6.07) is 11.9. The summed E-state index contributed by atoms with van der Waals surface area (Å²) in [5, 5.41) is 0.642. The smallest absolute Gasteiger partial charge is 0.338 e. The number of nitrogen functional groups attached to an aromatic ring is 1. The van der Waals surface area contributed by atoms with Crippen molar-refractivity contribution in [2.45, 2.75) is 6.61 Å². The second-order valence-corrected chi connectivity index (χ2v) is 4.60.